The van der Waals surface area contributed by atoms with Crippen LogP contribution in [0.1, 0.15) is 61.8 Å². The second-order valence-corrected chi connectivity index (χ2v) is 16.0. The highest BCUT2D eigenvalue weighted by Gasteiger charge is 2.22. The number of pyridine rings is 2. The molecule has 0 fully saturated rings. The number of para-hydroxylation sites is 1. The molecule has 6 aromatic carbocycles. The summed E-state index contributed by atoms with van der Waals surface area (Å²) in [5.74, 6) is 3.08. The maximum atomic E-state index is 6.79. The van der Waals surface area contributed by atoms with Crippen molar-refractivity contribution in [2.24, 2.45) is 0 Å². The molecule has 0 aliphatic carbocycles. The minimum absolute atomic E-state index is 0.348. The first-order valence-electron chi connectivity index (χ1n) is 20.0. The number of aryl methyl sites for hydroxylation is 2. The highest BCUT2D eigenvalue weighted by molar-refractivity contribution is 6.14. The molecule has 0 bridgehead atoms. The van der Waals surface area contributed by atoms with Crippen LogP contribution in [0.3, 0.4) is 0 Å². The van der Waals surface area contributed by atoms with Crippen molar-refractivity contribution in [3.8, 4) is 39.7 Å². The van der Waals surface area contributed by atoms with Crippen LogP contribution in [-0.4, -0.2) is 18.9 Å². The lowest BCUT2D eigenvalue weighted by Crippen LogP contribution is -2.02. The number of hydrogen-bond acceptors (Lipinski definition) is 3. The summed E-state index contributed by atoms with van der Waals surface area (Å²) in [6, 6.07) is 47.6. The summed E-state index contributed by atoms with van der Waals surface area (Å²) in [6.45, 7) is 13.5. The molecule has 0 radical (unpaired) electrons. The number of imidazole rings is 1. The van der Waals surface area contributed by atoms with Gasteiger partial charge in [-0.1, -0.05) is 94.4 Å². The Morgan fingerprint density at radius 3 is 1.93 bits per heavy atom. The van der Waals surface area contributed by atoms with E-state index in [9.17, 15) is 0 Å². The minimum Gasteiger partial charge on any atom is -0.457 e. The highest BCUT2D eigenvalue weighted by atomic mass is 16.5. The fourth-order valence-corrected chi connectivity index (χ4v) is 9.07. The van der Waals surface area contributed by atoms with Crippen LogP contribution in [-0.2, 0) is 0 Å². The van der Waals surface area contributed by atoms with Gasteiger partial charge in [-0.3, -0.25) is 8.97 Å². The Balaban J connectivity index is 1.20. The number of hydrogen-bond donors (Lipinski definition) is 0. The average molecular weight is 741 g/mol. The minimum atomic E-state index is 0.348. The van der Waals surface area contributed by atoms with Gasteiger partial charge in [0.1, 0.15) is 23.0 Å². The van der Waals surface area contributed by atoms with Gasteiger partial charge in [-0.2, -0.15) is 0 Å². The van der Waals surface area contributed by atoms with Crippen molar-refractivity contribution in [3.63, 3.8) is 0 Å². The van der Waals surface area contributed by atoms with Crippen molar-refractivity contribution in [3.05, 3.63) is 168 Å². The number of aromatic nitrogens is 4. The summed E-state index contributed by atoms with van der Waals surface area (Å²) >= 11 is 0. The van der Waals surface area contributed by atoms with Crippen LogP contribution in [0.2, 0.25) is 0 Å². The summed E-state index contributed by atoms with van der Waals surface area (Å²) < 4.78 is 11.4. The van der Waals surface area contributed by atoms with E-state index in [2.05, 4.69) is 172 Å². The number of rotatable bonds is 7. The van der Waals surface area contributed by atoms with Gasteiger partial charge in [-0.05, 0) is 125 Å². The van der Waals surface area contributed by atoms with E-state index in [0.717, 1.165) is 61.4 Å². The fraction of sp³-hybridized carbons (Fsp3) is 0.154. The molecule has 0 saturated carbocycles. The van der Waals surface area contributed by atoms with Gasteiger partial charge in [0.15, 0.2) is 0 Å². The molecule has 0 aliphatic heterocycles. The number of ether oxygens (including phenoxy) is 1. The fourth-order valence-electron chi connectivity index (χ4n) is 9.07. The third kappa shape index (κ3) is 5.60. The first-order chi connectivity index (χ1) is 27.8. The normalized spacial score (nSPS) is 12.0. The average Bonchev–Trinajstić information content (AvgIpc) is 3.81. The van der Waals surface area contributed by atoms with Crippen LogP contribution < -0.4 is 4.74 Å². The van der Waals surface area contributed by atoms with Crippen LogP contribution >= 0.6 is 0 Å². The molecule has 0 amide bonds. The van der Waals surface area contributed by atoms with Crippen LogP contribution in [0.25, 0.3) is 77.3 Å². The molecule has 278 valence electrons. The molecule has 0 spiro atoms. The molecule has 5 heteroatoms. The lowest BCUT2D eigenvalue weighted by molar-refractivity contribution is 0.484. The van der Waals surface area contributed by atoms with Crippen LogP contribution in [0, 0.1) is 13.8 Å². The van der Waals surface area contributed by atoms with Gasteiger partial charge in [0, 0.05) is 39.4 Å². The maximum Gasteiger partial charge on any atom is 0.145 e. The number of nitrogens with zero attached hydrogens (tertiary/aromatic N) is 4. The Morgan fingerprint density at radius 1 is 0.509 bits per heavy atom. The second kappa shape index (κ2) is 13.5. The maximum absolute atomic E-state index is 6.79. The molecule has 0 unspecified atom stereocenters. The zero-order valence-corrected chi connectivity index (χ0v) is 33.2. The van der Waals surface area contributed by atoms with E-state index >= 15 is 0 Å². The molecular weight excluding hydrogens is 697 g/mol. The van der Waals surface area contributed by atoms with Crippen molar-refractivity contribution >= 4 is 49.1 Å². The summed E-state index contributed by atoms with van der Waals surface area (Å²) in [6.07, 6.45) is 3.92. The van der Waals surface area contributed by atoms with Crippen molar-refractivity contribution in [1.82, 2.24) is 18.9 Å². The Kier molecular flexibility index (Phi) is 8.22. The molecule has 0 aliphatic rings. The number of benzene rings is 6. The van der Waals surface area contributed by atoms with Gasteiger partial charge >= 0.3 is 0 Å². The molecule has 4 aromatic heterocycles. The lowest BCUT2D eigenvalue weighted by atomic mass is 9.87. The van der Waals surface area contributed by atoms with E-state index in [4.69, 9.17) is 14.7 Å². The molecule has 0 N–H and O–H groups in total. The van der Waals surface area contributed by atoms with E-state index in [1.807, 2.05) is 24.4 Å². The van der Waals surface area contributed by atoms with E-state index in [1.165, 1.54) is 49.7 Å². The van der Waals surface area contributed by atoms with E-state index in [1.54, 1.807) is 0 Å². The Morgan fingerprint density at radius 2 is 1.19 bits per heavy atom. The van der Waals surface area contributed by atoms with Crippen molar-refractivity contribution < 1.29 is 4.74 Å². The Bertz CT molecular complexity index is 3140. The molecule has 10 aromatic rings. The quantitative estimate of drug-likeness (QED) is 0.153. The van der Waals surface area contributed by atoms with Crippen molar-refractivity contribution in [2.75, 3.05) is 0 Å². The standard InChI is InChI=1S/C52H44N4O/c1-31(2)38-16-12-17-39(32(3)4)51(38)48-30-54-52-44-28-36(21-23-40(44)43-27-35(20-25-46(43)56(48)52)50-33(5)13-11-14-34(50)6)57-37-22-24-42-41-15-7-8-18-45(41)55(47(42)29-37)49-19-9-10-26-53-49/h7-32H,1-6H3. The summed E-state index contributed by atoms with van der Waals surface area (Å²) in [7, 11) is 0. The van der Waals surface area contributed by atoms with Crippen LogP contribution in [0.5, 0.6) is 11.5 Å². The summed E-state index contributed by atoms with van der Waals surface area (Å²) in [5, 5.41) is 5.70. The van der Waals surface area contributed by atoms with Gasteiger partial charge in [0.25, 0.3) is 0 Å². The molecule has 10 rings (SSSR count). The van der Waals surface area contributed by atoms with Crippen LogP contribution in [0.15, 0.2) is 146 Å². The number of fused-ring (bicyclic) bond motifs is 9. The monoisotopic (exact) mass is 740 g/mol. The highest BCUT2D eigenvalue weighted by Crippen LogP contribution is 2.42. The second-order valence-electron chi connectivity index (χ2n) is 16.0. The lowest BCUT2D eigenvalue weighted by Gasteiger charge is -2.21. The predicted octanol–water partition coefficient (Wildman–Crippen LogP) is 14.1. The van der Waals surface area contributed by atoms with E-state index < -0.39 is 0 Å². The first kappa shape index (κ1) is 34.7. The third-order valence-corrected chi connectivity index (χ3v) is 11.7. The van der Waals surface area contributed by atoms with Crippen molar-refractivity contribution in [1.29, 1.82) is 0 Å². The summed E-state index contributed by atoms with van der Waals surface area (Å²) in [4.78, 5) is 9.96. The molecule has 4 heterocycles. The van der Waals surface area contributed by atoms with Crippen LogP contribution in [0.4, 0.5) is 0 Å². The molecule has 5 nitrogen and oxygen atoms in total. The third-order valence-electron chi connectivity index (χ3n) is 11.7. The molecule has 0 saturated heterocycles. The first-order valence-corrected chi connectivity index (χ1v) is 20.0. The van der Waals surface area contributed by atoms with Gasteiger partial charge in [0.2, 0.25) is 0 Å². The smallest absolute Gasteiger partial charge is 0.145 e. The zero-order chi connectivity index (χ0) is 38.9. The van der Waals surface area contributed by atoms with E-state index in [-0.39, 0.29) is 0 Å². The zero-order valence-electron chi connectivity index (χ0n) is 33.2. The summed E-state index contributed by atoms with van der Waals surface area (Å²) in [5.41, 5.74) is 14.3. The van der Waals surface area contributed by atoms with Gasteiger partial charge < -0.3 is 4.74 Å². The van der Waals surface area contributed by atoms with Gasteiger partial charge in [-0.15, -0.1) is 0 Å². The van der Waals surface area contributed by atoms with Gasteiger partial charge in [0.05, 0.1) is 28.4 Å². The molecular formula is C52H44N4O. The van der Waals surface area contributed by atoms with E-state index in [0.29, 0.717) is 11.8 Å². The Labute approximate surface area is 332 Å². The molecule has 57 heavy (non-hydrogen) atoms. The van der Waals surface area contributed by atoms with Gasteiger partial charge in [-0.25, -0.2) is 9.97 Å². The topological polar surface area (TPSA) is 44.3 Å². The largest absolute Gasteiger partial charge is 0.457 e. The predicted molar refractivity (Wildman–Crippen MR) is 237 cm³/mol. The Hall–Kier alpha value is -6.72. The van der Waals surface area contributed by atoms with Crippen molar-refractivity contribution in [2.45, 2.75) is 53.4 Å². The SMILES string of the molecule is Cc1cccc(C)c1-c1ccc2c(c1)c1ccc(Oc3ccc4c5ccccc5n(-c5ccccn5)c4c3)cc1c1ncc(-c3c(C(C)C)cccc3C(C)C)n21. The molecule has 0 atom stereocenters.